The van der Waals surface area contributed by atoms with Gasteiger partial charge in [0, 0.05) is 27.1 Å². The van der Waals surface area contributed by atoms with Gasteiger partial charge in [-0.25, -0.2) is 0 Å². The quantitative estimate of drug-likeness (QED) is 0.378. The van der Waals surface area contributed by atoms with Gasteiger partial charge in [0.25, 0.3) is 0 Å². The molecule has 1 N–H and O–H groups in total. The summed E-state index contributed by atoms with van der Waals surface area (Å²) >= 11 is 3.60. The molecule has 0 aliphatic rings. The Labute approximate surface area is 141 Å². The predicted molar refractivity (Wildman–Crippen MR) is 99.9 cm³/mol. The Morgan fingerprint density at radius 3 is 2.57 bits per heavy atom. The number of aromatic amines is 1. The molecule has 0 radical (unpaired) electrons. The molecule has 0 aliphatic heterocycles. The van der Waals surface area contributed by atoms with Gasteiger partial charge in [-0.05, 0) is 35.9 Å². The van der Waals surface area contributed by atoms with Gasteiger partial charge >= 0.3 is 0 Å². The fourth-order valence-corrected chi connectivity index (χ4v) is 3.81. The number of rotatable bonds is 1. The number of aromatic nitrogens is 2. The van der Waals surface area contributed by atoms with E-state index in [-0.39, 0.29) is 0 Å². The van der Waals surface area contributed by atoms with Crippen molar-refractivity contribution in [1.29, 1.82) is 0 Å². The first-order chi connectivity index (χ1) is 11.3. The zero-order valence-corrected chi connectivity index (χ0v) is 13.8. The highest BCUT2D eigenvalue weighted by Gasteiger charge is 2.17. The molecule has 5 aromatic rings. The first kappa shape index (κ1) is 13.0. The first-order valence-electron chi connectivity index (χ1n) is 7.58. The molecular weight excluding hydrogens is 348 g/mol. The molecule has 2 nitrogen and oxygen atoms in total. The second-order valence-electron chi connectivity index (χ2n) is 5.74. The topological polar surface area (TPSA) is 20.2 Å². The monoisotopic (exact) mass is 360 g/mol. The van der Waals surface area contributed by atoms with Gasteiger partial charge in [-0.1, -0.05) is 52.3 Å². The van der Waals surface area contributed by atoms with Gasteiger partial charge in [-0.15, -0.1) is 0 Å². The van der Waals surface area contributed by atoms with E-state index in [2.05, 4.69) is 98.2 Å². The van der Waals surface area contributed by atoms with Crippen LogP contribution >= 0.6 is 15.9 Å². The molecule has 0 fully saturated rings. The predicted octanol–water partition coefficient (Wildman–Crippen LogP) is 6.00. The largest absolute Gasteiger partial charge is 0.353 e. The lowest BCUT2D eigenvalue weighted by Crippen LogP contribution is -1.83. The minimum absolute atomic E-state index is 1.10. The fraction of sp³-hybridized carbons (Fsp3) is 0. The minimum atomic E-state index is 1.10. The van der Waals surface area contributed by atoms with Crippen molar-refractivity contribution >= 4 is 43.4 Å². The number of pyridine rings is 1. The Kier molecular flexibility index (Phi) is 2.67. The smallest absolute Gasteiger partial charge is 0.0793 e. The van der Waals surface area contributed by atoms with E-state index in [4.69, 9.17) is 0 Å². The number of nitrogens with zero attached hydrogens (tertiary/aromatic N) is 1. The fourth-order valence-electron chi connectivity index (χ4n) is 3.45. The van der Waals surface area contributed by atoms with Gasteiger partial charge in [0.1, 0.15) is 0 Å². The van der Waals surface area contributed by atoms with E-state index < -0.39 is 0 Å². The number of nitrogens with one attached hydrogen (secondary N) is 1. The number of halogens is 1. The Hall–Kier alpha value is -2.52. The molecular formula is C20H13BrN2. The maximum atomic E-state index is 3.62. The molecule has 0 amide bonds. The maximum Gasteiger partial charge on any atom is 0.0793 e. The molecule has 3 aromatic heterocycles. The Morgan fingerprint density at radius 1 is 0.870 bits per heavy atom. The maximum absolute atomic E-state index is 3.62. The average Bonchev–Trinajstić information content (AvgIpc) is 3.10. The SMILES string of the molecule is Brc1ccc2[nH]c3c(-c4ccccc4)c4ccccn4c3c2c1. The third-order valence-electron chi connectivity index (χ3n) is 4.40. The third-order valence-corrected chi connectivity index (χ3v) is 4.90. The lowest BCUT2D eigenvalue weighted by molar-refractivity contribution is 1.26. The molecule has 0 bridgehead atoms. The van der Waals surface area contributed by atoms with Crippen molar-refractivity contribution in [3.8, 4) is 11.1 Å². The molecule has 3 heteroatoms. The zero-order valence-electron chi connectivity index (χ0n) is 12.3. The highest BCUT2D eigenvalue weighted by atomic mass is 79.9. The molecule has 0 unspecified atom stereocenters. The molecule has 0 aliphatic carbocycles. The number of benzene rings is 2. The zero-order chi connectivity index (χ0) is 15.4. The Bertz CT molecular complexity index is 1170. The van der Waals surface area contributed by atoms with E-state index in [9.17, 15) is 0 Å². The Balaban J connectivity index is 2.05. The van der Waals surface area contributed by atoms with Crippen LogP contribution in [0.1, 0.15) is 0 Å². The van der Waals surface area contributed by atoms with Crippen molar-refractivity contribution in [2.45, 2.75) is 0 Å². The van der Waals surface area contributed by atoms with Crippen molar-refractivity contribution in [1.82, 2.24) is 9.38 Å². The van der Waals surface area contributed by atoms with Crippen LogP contribution in [0.3, 0.4) is 0 Å². The second-order valence-corrected chi connectivity index (χ2v) is 6.65. The summed E-state index contributed by atoms with van der Waals surface area (Å²) in [5, 5.41) is 1.23. The van der Waals surface area contributed by atoms with E-state index in [0.29, 0.717) is 0 Å². The van der Waals surface area contributed by atoms with Gasteiger partial charge in [-0.3, -0.25) is 0 Å². The molecule has 3 heterocycles. The number of hydrogen-bond acceptors (Lipinski definition) is 0. The third kappa shape index (κ3) is 1.80. The van der Waals surface area contributed by atoms with Crippen LogP contribution < -0.4 is 0 Å². The van der Waals surface area contributed by atoms with Crippen LogP contribution in [-0.2, 0) is 0 Å². The van der Waals surface area contributed by atoms with Crippen molar-refractivity contribution in [3.63, 3.8) is 0 Å². The van der Waals surface area contributed by atoms with Crippen molar-refractivity contribution in [3.05, 3.63) is 77.4 Å². The normalized spacial score (nSPS) is 11.7. The highest BCUT2D eigenvalue weighted by Crippen LogP contribution is 2.39. The van der Waals surface area contributed by atoms with Crippen molar-refractivity contribution in [2.75, 3.05) is 0 Å². The summed E-state index contributed by atoms with van der Waals surface area (Å²) in [7, 11) is 0. The molecule has 2 aromatic carbocycles. The molecule has 0 atom stereocenters. The van der Waals surface area contributed by atoms with E-state index in [1.54, 1.807) is 0 Å². The summed E-state index contributed by atoms with van der Waals surface area (Å²) in [6, 6.07) is 23.3. The van der Waals surface area contributed by atoms with Gasteiger partial charge in [0.2, 0.25) is 0 Å². The van der Waals surface area contributed by atoms with Crippen LogP contribution in [0, 0.1) is 0 Å². The van der Waals surface area contributed by atoms with Gasteiger partial charge in [0.05, 0.1) is 16.6 Å². The molecule has 23 heavy (non-hydrogen) atoms. The number of fused-ring (bicyclic) bond motifs is 5. The summed E-state index contributed by atoms with van der Waals surface area (Å²) in [5.74, 6) is 0. The summed E-state index contributed by atoms with van der Waals surface area (Å²) < 4.78 is 3.38. The van der Waals surface area contributed by atoms with Crippen LogP contribution in [-0.4, -0.2) is 9.38 Å². The van der Waals surface area contributed by atoms with Crippen LogP contribution in [0.4, 0.5) is 0 Å². The lowest BCUT2D eigenvalue weighted by Gasteiger charge is -2.01. The summed E-state index contributed by atoms with van der Waals surface area (Å²) in [4.78, 5) is 3.62. The lowest BCUT2D eigenvalue weighted by atomic mass is 10.1. The molecule has 5 rings (SSSR count). The Morgan fingerprint density at radius 2 is 1.70 bits per heavy atom. The van der Waals surface area contributed by atoms with Crippen LogP contribution in [0.15, 0.2) is 77.4 Å². The van der Waals surface area contributed by atoms with Crippen molar-refractivity contribution < 1.29 is 0 Å². The van der Waals surface area contributed by atoms with Crippen LogP contribution in [0.5, 0.6) is 0 Å². The van der Waals surface area contributed by atoms with E-state index in [0.717, 1.165) is 9.99 Å². The minimum Gasteiger partial charge on any atom is -0.353 e. The molecule has 0 spiro atoms. The molecule has 0 saturated carbocycles. The van der Waals surface area contributed by atoms with Crippen LogP contribution in [0.2, 0.25) is 0 Å². The number of H-pyrrole nitrogens is 1. The summed E-state index contributed by atoms with van der Waals surface area (Å²) in [6.07, 6.45) is 2.14. The summed E-state index contributed by atoms with van der Waals surface area (Å²) in [6.45, 7) is 0. The van der Waals surface area contributed by atoms with E-state index in [1.807, 2.05) is 0 Å². The highest BCUT2D eigenvalue weighted by molar-refractivity contribution is 9.10. The van der Waals surface area contributed by atoms with Crippen LogP contribution in [0.25, 0.3) is 38.6 Å². The summed E-state index contributed by atoms with van der Waals surface area (Å²) in [5.41, 5.74) is 7.30. The van der Waals surface area contributed by atoms with Gasteiger partial charge in [-0.2, -0.15) is 0 Å². The second kappa shape index (κ2) is 4.74. The first-order valence-corrected chi connectivity index (χ1v) is 8.37. The number of hydrogen-bond donors (Lipinski definition) is 1. The molecule has 0 saturated heterocycles. The van der Waals surface area contributed by atoms with Crippen molar-refractivity contribution in [2.24, 2.45) is 0 Å². The standard InChI is InChI=1S/C20H13BrN2/c21-14-9-10-16-15(12-14)20-19(22-16)18(13-6-2-1-3-7-13)17-8-4-5-11-23(17)20/h1-12,22H. The van der Waals surface area contributed by atoms with Gasteiger partial charge in [0.15, 0.2) is 0 Å². The molecule has 110 valence electrons. The average molecular weight is 361 g/mol. The van der Waals surface area contributed by atoms with E-state index >= 15 is 0 Å². The van der Waals surface area contributed by atoms with Gasteiger partial charge < -0.3 is 9.38 Å². The van der Waals surface area contributed by atoms with E-state index in [1.165, 1.54) is 33.1 Å².